The van der Waals surface area contributed by atoms with Gasteiger partial charge in [0.05, 0.1) is 0 Å². The summed E-state index contributed by atoms with van der Waals surface area (Å²) in [5.74, 6) is 0.548. The number of benzene rings is 3. The summed E-state index contributed by atoms with van der Waals surface area (Å²) in [5.41, 5.74) is 9.14. The standard InChI is InChI=1S/C30H38/c1-6-7-8-9-10-11-14-22-26-19-21(2)17-18-25(26)29-24-16-13-12-15-23(24)28(20-27(22)29)30(3,4)5/h12-13,15-20,22H,6-11,14H2,1-5H3. The van der Waals surface area contributed by atoms with Crippen LogP contribution in [0.1, 0.15) is 101 Å². The highest BCUT2D eigenvalue weighted by molar-refractivity contribution is 6.03. The highest BCUT2D eigenvalue weighted by Gasteiger charge is 2.32. The zero-order chi connectivity index (χ0) is 21.3. The topological polar surface area (TPSA) is 0 Å². The molecule has 158 valence electrons. The Morgan fingerprint density at radius 2 is 1.47 bits per heavy atom. The zero-order valence-corrected chi connectivity index (χ0v) is 19.6. The van der Waals surface area contributed by atoms with Crippen molar-refractivity contribution in [1.29, 1.82) is 0 Å². The molecule has 0 saturated carbocycles. The molecule has 0 aromatic heterocycles. The third-order valence-electron chi connectivity index (χ3n) is 6.96. The first-order valence-corrected chi connectivity index (χ1v) is 12.1. The van der Waals surface area contributed by atoms with E-state index in [4.69, 9.17) is 0 Å². The van der Waals surface area contributed by atoms with E-state index in [1.807, 2.05) is 0 Å². The lowest BCUT2D eigenvalue weighted by Crippen LogP contribution is -2.13. The number of fused-ring (bicyclic) bond motifs is 5. The molecule has 1 atom stereocenters. The molecule has 0 saturated heterocycles. The lowest BCUT2D eigenvalue weighted by Gasteiger charge is -2.25. The van der Waals surface area contributed by atoms with Crippen molar-refractivity contribution < 1.29 is 0 Å². The van der Waals surface area contributed by atoms with Crippen LogP contribution in [0.4, 0.5) is 0 Å². The highest BCUT2D eigenvalue weighted by Crippen LogP contribution is 2.52. The van der Waals surface area contributed by atoms with Gasteiger partial charge >= 0.3 is 0 Å². The molecule has 0 bridgehead atoms. The van der Waals surface area contributed by atoms with Crippen molar-refractivity contribution in [1.82, 2.24) is 0 Å². The fourth-order valence-corrected chi connectivity index (χ4v) is 5.40. The Bertz CT molecular complexity index is 1030. The Morgan fingerprint density at radius 1 is 0.767 bits per heavy atom. The van der Waals surface area contributed by atoms with Gasteiger partial charge in [0.25, 0.3) is 0 Å². The van der Waals surface area contributed by atoms with Crippen LogP contribution in [0.5, 0.6) is 0 Å². The van der Waals surface area contributed by atoms with Crippen LogP contribution in [0.25, 0.3) is 21.9 Å². The first-order chi connectivity index (χ1) is 14.4. The number of aryl methyl sites for hydroxylation is 1. The van der Waals surface area contributed by atoms with Crippen molar-refractivity contribution in [3.8, 4) is 11.1 Å². The molecule has 0 fully saturated rings. The fourth-order valence-electron chi connectivity index (χ4n) is 5.40. The molecule has 1 aliphatic rings. The smallest absolute Gasteiger partial charge is 0.0102 e. The molecule has 4 rings (SSSR count). The van der Waals surface area contributed by atoms with Gasteiger partial charge in [-0.25, -0.2) is 0 Å². The van der Waals surface area contributed by atoms with E-state index in [2.05, 4.69) is 83.1 Å². The van der Waals surface area contributed by atoms with Crippen LogP contribution < -0.4 is 0 Å². The molecule has 0 N–H and O–H groups in total. The summed E-state index contributed by atoms with van der Waals surface area (Å²) >= 11 is 0. The van der Waals surface area contributed by atoms with E-state index < -0.39 is 0 Å². The first-order valence-electron chi connectivity index (χ1n) is 12.1. The second kappa shape index (κ2) is 8.58. The molecule has 0 nitrogen and oxygen atoms in total. The van der Waals surface area contributed by atoms with Gasteiger partial charge < -0.3 is 0 Å². The van der Waals surface area contributed by atoms with E-state index in [1.165, 1.54) is 78.0 Å². The van der Waals surface area contributed by atoms with Gasteiger partial charge in [-0.15, -0.1) is 0 Å². The Kier molecular flexibility index (Phi) is 6.05. The maximum atomic E-state index is 2.56. The van der Waals surface area contributed by atoms with Gasteiger partial charge in [0, 0.05) is 5.92 Å². The molecular weight excluding hydrogens is 360 g/mol. The van der Waals surface area contributed by atoms with Crippen LogP contribution in [0.15, 0.2) is 48.5 Å². The third kappa shape index (κ3) is 3.94. The lowest BCUT2D eigenvalue weighted by atomic mass is 9.79. The summed E-state index contributed by atoms with van der Waals surface area (Å²) < 4.78 is 0. The molecule has 0 heteroatoms. The predicted octanol–water partition coefficient (Wildman–Crippen LogP) is 9.31. The average molecular weight is 399 g/mol. The normalized spacial score (nSPS) is 15.4. The first kappa shape index (κ1) is 21.2. The number of rotatable bonds is 7. The Morgan fingerprint density at radius 3 is 2.20 bits per heavy atom. The molecule has 3 aromatic carbocycles. The molecular formula is C30H38. The zero-order valence-electron chi connectivity index (χ0n) is 19.6. The van der Waals surface area contributed by atoms with Crippen molar-refractivity contribution >= 4 is 10.8 Å². The SMILES string of the molecule is CCCCCCCCC1c2cc(C)ccc2-c2c1cc(C(C)(C)C)c1ccccc21. The predicted molar refractivity (Wildman–Crippen MR) is 133 cm³/mol. The summed E-state index contributed by atoms with van der Waals surface area (Å²) in [6, 6.07) is 18.8. The largest absolute Gasteiger partial charge is 0.0654 e. The van der Waals surface area contributed by atoms with Gasteiger partial charge in [-0.1, -0.05) is 120 Å². The third-order valence-corrected chi connectivity index (χ3v) is 6.96. The highest BCUT2D eigenvalue weighted by atomic mass is 14.4. The maximum Gasteiger partial charge on any atom is 0.0102 e. The second-order valence-corrected chi connectivity index (χ2v) is 10.4. The Labute approximate surface area is 183 Å². The van der Waals surface area contributed by atoms with Crippen LogP contribution in [0.3, 0.4) is 0 Å². The van der Waals surface area contributed by atoms with Gasteiger partial charge in [-0.3, -0.25) is 0 Å². The van der Waals surface area contributed by atoms with Gasteiger partial charge in [0.2, 0.25) is 0 Å². The molecule has 0 spiro atoms. The minimum Gasteiger partial charge on any atom is -0.0654 e. The molecule has 0 radical (unpaired) electrons. The van der Waals surface area contributed by atoms with Gasteiger partial charge in [0.1, 0.15) is 0 Å². The van der Waals surface area contributed by atoms with Gasteiger partial charge in [-0.05, 0) is 57.3 Å². The van der Waals surface area contributed by atoms with Crippen LogP contribution in [0, 0.1) is 6.92 Å². The lowest BCUT2D eigenvalue weighted by molar-refractivity contribution is 0.569. The summed E-state index contributed by atoms with van der Waals surface area (Å²) in [7, 11) is 0. The van der Waals surface area contributed by atoms with E-state index in [9.17, 15) is 0 Å². The minimum absolute atomic E-state index is 0.143. The van der Waals surface area contributed by atoms with Gasteiger partial charge in [-0.2, -0.15) is 0 Å². The quantitative estimate of drug-likeness (QED) is 0.348. The molecule has 1 aliphatic carbocycles. The molecule has 0 heterocycles. The molecule has 30 heavy (non-hydrogen) atoms. The van der Waals surface area contributed by atoms with Crippen molar-refractivity contribution in [2.45, 2.75) is 90.9 Å². The monoisotopic (exact) mass is 398 g/mol. The number of hydrogen-bond donors (Lipinski definition) is 0. The summed E-state index contributed by atoms with van der Waals surface area (Å²) in [5, 5.41) is 2.87. The van der Waals surface area contributed by atoms with Crippen LogP contribution in [0.2, 0.25) is 0 Å². The van der Waals surface area contributed by atoms with E-state index in [1.54, 1.807) is 11.1 Å². The van der Waals surface area contributed by atoms with E-state index in [-0.39, 0.29) is 5.41 Å². The van der Waals surface area contributed by atoms with E-state index in [0.717, 1.165) is 0 Å². The van der Waals surface area contributed by atoms with Crippen molar-refractivity contribution in [3.63, 3.8) is 0 Å². The fraction of sp³-hybridized carbons (Fsp3) is 0.467. The summed E-state index contributed by atoms with van der Waals surface area (Å²) in [6.07, 6.45) is 9.47. The molecule has 1 unspecified atom stereocenters. The van der Waals surface area contributed by atoms with Crippen molar-refractivity contribution in [2.75, 3.05) is 0 Å². The van der Waals surface area contributed by atoms with E-state index >= 15 is 0 Å². The molecule has 0 aliphatic heterocycles. The molecule has 3 aromatic rings. The van der Waals surface area contributed by atoms with Crippen LogP contribution in [-0.4, -0.2) is 0 Å². The summed E-state index contributed by atoms with van der Waals surface area (Å²) in [4.78, 5) is 0. The summed E-state index contributed by atoms with van der Waals surface area (Å²) in [6.45, 7) is 11.6. The van der Waals surface area contributed by atoms with Crippen LogP contribution >= 0.6 is 0 Å². The van der Waals surface area contributed by atoms with Crippen molar-refractivity contribution in [2.24, 2.45) is 0 Å². The second-order valence-electron chi connectivity index (χ2n) is 10.4. The van der Waals surface area contributed by atoms with Crippen LogP contribution in [-0.2, 0) is 5.41 Å². The minimum atomic E-state index is 0.143. The van der Waals surface area contributed by atoms with Crippen molar-refractivity contribution in [3.05, 3.63) is 70.8 Å². The average Bonchev–Trinajstić information content (AvgIpc) is 3.02. The Balaban J connectivity index is 1.79. The maximum absolute atomic E-state index is 2.56. The number of hydrogen-bond acceptors (Lipinski definition) is 0. The van der Waals surface area contributed by atoms with E-state index in [0.29, 0.717) is 5.92 Å². The van der Waals surface area contributed by atoms with Gasteiger partial charge in [0.15, 0.2) is 0 Å². The molecule has 0 amide bonds. The Hall–Kier alpha value is -2.08. The number of unbranched alkanes of at least 4 members (excludes halogenated alkanes) is 5.